The highest BCUT2D eigenvalue weighted by molar-refractivity contribution is 7.85. The van der Waals surface area contributed by atoms with E-state index >= 15 is 0 Å². The summed E-state index contributed by atoms with van der Waals surface area (Å²) < 4.78 is 31.3. The van der Waals surface area contributed by atoms with E-state index in [4.69, 9.17) is 4.55 Å². The van der Waals surface area contributed by atoms with E-state index in [1.54, 1.807) is 18.5 Å². The topological polar surface area (TPSA) is 96.9 Å². The molecule has 0 saturated heterocycles. The highest BCUT2D eigenvalue weighted by Gasteiger charge is 2.11. The second-order valence-corrected chi connectivity index (χ2v) is 5.60. The quantitative estimate of drug-likeness (QED) is 0.627. The maximum absolute atomic E-state index is 10.6. The van der Waals surface area contributed by atoms with Crippen molar-refractivity contribution in [1.29, 1.82) is 0 Å². The van der Waals surface area contributed by atoms with Gasteiger partial charge in [-0.05, 0) is 24.2 Å². The maximum Gasteiger partial charge on any atom is 0.271 e. The molecule has 1 N–H and O–H groups in total. The number of rotatable bonds is 4. The molecule has 2 aromatic heterocycles. The van der Waals surface area contributed by atoms with Crippen molar-refractivity contribution in [3.8, 4) is 11.3 Å². The Bertz CT molecular complexity index is 653. The summed E-state index contributed by atoms with van der Waals surface area (Å²) >= 11 is 0. The Balaban J connectivity index is 2.12. The van der Waals surface area contributed by atoms with Crippen LogP contribution in [0.15, 0.2) is 30.6 Å². The molecule has 0 spiro atoms. The summed E-state index contributed by atoms with van der Waals surface area (Å²) in [6.07, 6.45) is 3.20. The van der Waals surface area contributed by atoms with Gasteiger partial charge < -0.3 is 0 Å². The van der Waals surface area contributed by atoms with Crippen LogP contribution in [0.1, 0.15) is 5.69 Å². The number of aromatic nitrogens is 4. The molecule has 19 heavy (non-hydrogen) atoms. The van der Waals surface area contributed by atoms with Gasteiger partial charge in [0.05, 0.1) is 11.4 Å². The first-order chi connectivity index (χ1) is 8.94. The molecule has 0 aliphatic heterocycles. The van der Waals surface area contributed by atoms with Gasteiger partial charge in [0, 0.05) is 11.6 Å². The van der Waals surface area contributed by atoms with E-state index in [1.807, 2.05) is 19.1 Å². The van der Waals surface area contributed by atoms with Gasteiger partial charge in [0.1, 0.15) is 11.9 Å². The van der Waals surface area contributed by atoms with Crippen LogP contribution in [0.4, 0.5) is 0 Å². The second-order valence-electron chi connectivity index (χ2n) is 4.02. The Morgan fingerprint density at radius 2 is 2.05 bits per heavy atom. The molecule has 0 aliphatic carbocycles. The zero-order valence-electron chi connectivity index (χ0n) is 10.3. The van der Waals surface area contributed by atoms with Crippen molar-refractivity contribution in [3.63, 3.8) is 0 Å². The fourth-order valence-corrected chi connectivity index (χ4v) is 1.85. The third-order valence-electron chi connectivity index (χ3n) is 2.44. The van der Waals surface area contributed by atoms with Gasteiger partial charge in [0.25, 0.3) is 10.1 Å². The van der Waals surface area contributed by atoms with E-state index in [2.05, 4.69) is 15.3 Å². The van der Waals surface area contributed by atoms with Gasteiger partial charge in [-0.2, -0.15) is 18.6 Å². The lowest BCUT2D eigenvalue weighted by molar-refractivity contribution is -0.750. The van der Waals surface area contributed by atoms with Gasteiger partial charge in [-0.25, -0.2) is 0 Å². The van der Waals surface area contributed by atoms with Crippen molar-refractivity contribution in [3.05, 3.63) is 36.3 Å². The average molecular weight is 281 g/mol. The fourth-order valence-electron chi connectivity index (χ4n) is 1.43. The molecule has 0 fully saturated rings. The molecule has 0 aromatic carbocycles. The van der Waals surface area contributed by atoms with Crippen LogP contribution < -0.4 is 4.68 Å². The van der Waals surface area contributed by atoms with E-state index in [0.717, 1.165) is 11.3 Å². The minimum atomic E-state index is -3.97. The zero-order valence-corrected chi connectivity index (χ0v) is 11.1. The Kier molecular flexibility index (Phi) is 3.82. The van der Waals surface area contributed by atoms with Gasteiger partial charge in [0.15, 0.2) is 12.7 Å². The first-order valence-electron chi connectivity index (χ1n) is 5.56. The van der Waals surface area contributed by atoms with E-state index in [9.17, 15) is 8.42 Å². The summed E-state index contributed by atoms with van der Waals surface area (Å²) in [5, 5.41) is 12.0. The molecule has 0 saturated carbocycles. The molecule has 0 bridgehead atoms. The molecule has 0 aliphatic rings. The highest BCUT2D eigenvalue weighted by atomic mass is 32.2. The molecule has 0 atom stereocenters. The predicted molar refractivity (Wildman–Crippen MR) is 66.6 cm³/mol. The Morgan fingerprint density at radius 1 is 1.26 bits per heavy atom. The number of hydrogen-bond donors (Lipinski definition) is 1. The molecule has 2 heterocycles. The smallest absolute Gasteiger partial charge is 0.271 e. The summed E-state index contributed by atoms with van der Waals surface area (Å²) in [6.45, 7) is 1.95. The van der Waals surface area contributed by atoms with Crippen LogP contribution in [0, 0.1) is 6.92 Å². The van der Waals surface area contributed by atoms with Crippen LogP contribution in [0.3, 0.4) is 0 Å². The molecular weight excluding hydrogens is 268 g/mol. The lowest BCUT2D eigenvalue weighted by Crippen LogP contribution is -2.40. The van der Waals surface area contributed by atoms with E-state index in [1.165, 1.54) is 4.68 Å². The van der Waals surface area contributed by atoms with Crippen LogP contribution in [0.5, 0.6) is 0 Å². The van der Waals surface area contributed by atoms with Crippen molar-refractivity contribution in [2.24, 2.45) is 0 Å². The fraction of sp³-hybridized carbons (Fsp3) is 0.273. The lowest BCUT2D eigenvalue weighted by atomic mass is 10.2. The van der Waals surface area contributed by atoms with Crippen molar-refractivity contribution in [1.82, 2.24) is 15.3 Å². The highest BCUT2D eigenvalue weighted by Crippen LogP contribution is 2.12. The van der Waals surface area contributed by atoms with Gasteiger partial charge in [-0.15, -0.1) is 0 Å². The molecule has 2 aromatic rings. The lowest BCUT2D eigenvalue weighted by Gasteiger charge is -1.98. The molecule has 7 nitrogen and oxygen atoms in total. The number of nitrogens with zero attached hydrogens (tertiary/aromatic N) is 4. The monoisotopic (exact) mass is 281 g/mol. The SMILES string of the molecule is Cc1ccc(-c2cc[n+](CCS(=O)(=O)O)nc2)nn1. The van der Waals surface area contributed by atoms with Crippen LogP contribution in [-0.4, -0.2) is 34.0 Å². The van der Waals surface area contributed by atoms with Gasteiger partial charge in [-0.1, -0.05) is 4.68 Å². The maximum atomic E-state index is 10.6. The van der Waals surface area contributed by atoms with Crippen LogP contribution in [0.2, 0.25) is 0 Å². The molecule has 2 rings (SSSR count). The van der Waals surface area contributed by atoms with Crippen molar-refractivity contribution in [2.45, 2.75) is 13.5 Å². The Morgan fingerprint density at radius 3 is 2.58 bits per heavy atom. The third kappa shape index (κ3) is 4.04. The molecule has 0 amide bonds. The van der Waals surface area contributed by atoms with E-state index in [-0.39, 0.29) is 12.3 Å². The van der Waals surface area contributed by atoms with Gasteiger partial charge >= 0.3 is 0 Å². The second kappa shape index (κ2) is 5.37. The normalized spacial score (nSPS) is 11.5. The molecular formula is C11H13N4O3S+. The minimum Gasteiger partial charge on any atom is -0.285 e. The number of hydrogen-bond acceptors (Lipinski definition) is 5. The zero-order chi connectivity index (χ0) is 13.9. The molecule has 8 heteroatoms. The van der Waals surface area contributed by atoms with Crippen LogP contribution in [0.25, 0.3) is 11.3 Å². The third-order valence-corrected chi connectivity index (χ3v) is 3.14. The predicted octanol–water partition coefficient (Wildman–Crippen LogP) is 0.0223. The van der Waals surface area contributed by atoms with E-state index in [0.29, 0.717) is 5.69 Å². The van der Waals surface area contributed by atoms with Gasteiger partial charge in [0.2, 0.25) is 0 Å². The Hall–Kier alpha value is -1.93. The van der Waals surface area contributed by atoms with Crippen molar-refractivity contribution < 1.29 is 17.7 Å². The summed E-state index contributed by atoms with van der Waals surface area (Å²) in [7, 11) is -3.97. The Labute approximate surface area is 110 Å². The minimum absolute atomic E-state index is 0.0959. The first-order valence-corrected chi connectivity index (χ1v) is 7.16. The first kappa shape index (κ1) is 13.5. The van der Waals surface area contributed by atoms with Gasteiger partial charge in [-0.3, -0.25) is 4.55 Å². The summed E-state index contributed by atoms with van der Waals surface area (Å²) in [5.74, 6) is -0.367. The van der Waals surface area contributed by atoms with Crippen molar-refractivity contribution in [2.75, 3.05) is 5.75 Å². The summed E-state index contributed by atoms with van der Waals surface area (Å²) in [6, 6.07) is 5.44. The van der Waals surface area contributed by atoms with Crippen LogP contribution >= 0.6 is 0 Å². The van der Waals surface area contributed by atoms with Crippen molar-refractivity contribution >= 4 is 10.1 Å². The summed E-state index contributed by atoms with van der Waals surface area (Å²) in [4.78, 5) is 0. The largest absolute Gasteiger partial charge is 0.285 e. The van der Waals surface area contributed by atoms with Crippen LogP contribution in [-0.2, 0) is 16.7 Å². The number of aryl methyl sites for hydroxylation is 2. The average Bonchev–Trinajstić information content (AvgIpc) is 2.37. The summed E-state index contributed by atoms with van der Waals surface area (Å²) in [5.41, 5.74) is 2.31. The molecule has 100 valence electrons. The standard InChI is InChI=1S/C11H12N4O3S/c1-9-2-3-11(14-13-9)10-4-5-15(12-8-10)6-7-19(16,17)18/h2-5,8H,6-7H2,1H3/p+1. The van der Waals surface area contributed by atoms with E-state index < -0.39 is 10.1 Å². The molecule has 0 unspecified atom stereocenters. The molecule has 0 radical (unpaired) electrons.